The van der Waals surface area contributed by atoms with Gasteiger partial charge in [0.25, 0.3) is 0 Å². The van der Waals surface area contributed by atoms with Crippen LogP contribution in [0, 0.1) is 0 Å². The molecule has 0 fully saturated rings. The molecule has 0 aliphatic carbocycles. The van der Waals surface area contributed by atoms with E-state index in [1.165, 1.54) is 5.39 Å². The molecule has 0 bridgehead atoms. The number of hydrogen-bond donors (Lipinski definition) is 3. The first-order chi connectivity index (χ1) is 8.74. The van der Waals surface area contributed by atoms with E-state index < -0.39 is 0 Å². The fourth-order valence-electron chi connectivity index (χ4n) is 2.12. The highest BCUT2D eigenvalue weighted by Gasteiger charge is 2.18. The average Bonchev–Trinajstić information content (AvgIpc) is 2.37. The molecule has 1 heterocycles. The van der Waals surface area contributed by atoms with Gasteiger partial charge in [0.05, 0.1) is 0 Å². The minimum absolute atomic E-state index is 0.232. The second-order valence-electron chi connectivity index (χ2n) is 4.08. The van der Waals surface area contributed by atoms with Gasteiger partial charge in [-0.1, -0.05) is 42.5 Å². The van der Waals surface area contributed by atoms with Crippen LogP contribution in [0.4, 0.5) is 0 Å². The van der Waals surface area contributed by atoms with Crippen LogP contribution < -0.4 is 16.4 Å². The van der Waals surface area contributed by atoms with Gasteiger partial charge in [-0.05, 0) is 23.0 Å². The first-order valence-electron chi connectivity index (χ1n) is 5.62. The Balaban J connectivity index is 2.14. The molecule has 1 aliphatic rings. The predicted molar refractivity (Wildman–Crippen MR) is 77.2 cm³/mol. The van der Waals surface area contributed by atoms with Gasteiger partial charge in [-0.3, -0.25) is 0 Å². The standard InChI is InChI=1S/C13H12N4S/c14-12-15-11(16-13(18)17-12)10-7-3-5-8-4-1-2-6-9(8)10/h1-7,11H,(H4,14,15,16,17,18). The number of rotatable bonds is 1. The molecule has 0 aromatic heterocycles. The van der Waals surface area contributed by atoms with E-state index in [9.17, 15) is 0 Å². The number of nitrogens with two attached hydrogens (primary N) is 1. The Hall–Kier alpha value is -2.14. The monoisotopic (exact) mass is 256 g/mol. The van der Waals surface area contributed by atoms with E-state index in [1.807, 2.05) is 24.3 Å². The lowest BCUT2D eigenvalue weighted by Crippen LogP contribution is -2.49. The van der Waals surface area contributed by atoms with E-state index in [0.717, 1.165) is 10.9 Å². The number of hydrogen-bond acceptors (Lipinski definition) is 3. The van der Waals surface area contributed by atoms with Gasteiger partial charge in [0, 0.05) is 5.56 Å². The van der Waals surface area contributed by atoms with Gasteiger partial charge < -0.3 is 16.4 Å². The van der Waals surface area contributed by atoms with Crippen molar-refractivity contribution in [2.24, 2.45) is 10.7 Å². The number of thiocarbonyl (C=S) groups is 1. The highest BCUT2D eigenvalue weighted by molar-refractivity contribution is 7.80. The zero-order valence-electron chi connectivity index (χ0n) is 9.55. The van der Waals surface area contributed by atoms with Gasteiger partial charge in [-0.15, -0.1) is 0 Å². The summed E-state index contributed by atoms with van der Waals surface area (Å²) in [6.07, 6.45) is -0.232. The van der Waals surface area contributed by atoms with Crippen molar-refractivity contribution in [1.82, 2.24) is 10.6 Å². The summed E-state index contributed by atoms with van der Waals surface area (Å²) >= 11 is 5.10. The Kier molecular flexibility index (Phi) is 2.60. The van der Waals surface area contributed by atoms with E-state index in [0.29, 0.717) is 11.1 Å². The van der Waals surface area contributed by atoms with Crippen LogP contribution in [0.3, 0.4) is 0 Å². The topological polar surface area (TPSA) is 62.4 Å². The highest BCUT2D eigenvalue weighted by atomic mass is 32.1. The zero-order chi connectivity index (χ0) is 12.5. The molecule has 18 heavy (non-hydrogen) atoms. The fraction of sp³-hybridized carbons (Fsp3) is 0.0769. The van der Waals surface area contributed by atoms with Crippen molar-refractivity contribution in [3.63, 3.8) is 0 Å². The van der Waals surface area contributed by atoms with Crippen LogP contribution >= 0.6 is 12.2 Å². The molecule has 0 saturated carbocycles. The largest absolute Gasteiger partial charge is 0.370 e. The summed E-state index contributed by atoms with van der Waals surface area (Å²) in [6.45, 7) is 0. The van der Waals surface area contributed by atoms with Crippen molar-refractivity contribution in [1.29, 1.82) is 0 Å². The molecule has 5 heteroatoms. The smallest absolute Gasteiger partial charge is 0.197 e. The number of fused-ring (bicyclic) bond motifs is 1. The van der Waals surface area contributed by atoms with Crippen LogP contribution in [0.15, 0.2) is 47.5 Å². The fourth-order valence-corrected chi connectivity index (χ4v) is 2.33. The molecule has 0 saturated heterocycles. The first kappa shape index (κ1) is 11.0. The summed E-state index contributed by atoms with van der Waals surface area (Å²) in [5, 5.41) is 8.71. The summed E-state index contributed by atoms with van der Waals surface area (Å²) in [4.78, 5) is 4.34. The lowest BCUT2D eigenvalue weighted by Gasteiger charge is -2.24. The number of nitrogens with zero attached hydrogens (tertiary/aromatic N) is 1. The molecule has 1 atom stereocenters. The van der Waals surface area contributed by atoms with Crippen LogP contribution in [0.5, 0.6) is 0 Å². The molecule has 4 N–H and O–H groups in total. The van der Waals surface area contributed by atoms with E-state index in [2.05, 4.69) is 33.8 Å². The number of nitrogens with one attached hydrogen (secondary N) is 2. The molecule has 4 nitrogen and oxygen atoms in total. The maximum absolute atomic E-state index is 5.71. The molecular weight excluding hydrogens is 244 g/mol. The van der Waals surface area contributed by atoms with Gasteiger partial charge >= 0.3 is 0 Å². The summed E-state index contributed by atoms with van der Waals surface area (Å²) in [7, 11) is 0. The molecule has 0 amide bonds. The van der Waals surface area contributed by atoms with E-state index in [4.69, 9.17) is 18.0 Å². The second kappa shape index (κ2) is 4.27. The molecule has 2 aromatic rings. The molecule has 0 spiro atoms. The van der Waals surface area contributed by atoms with Crippen molar-refractivity contribution >= 4 is 34.1 Å². The number of guanidine groups is 1. The molecule has 1 unspecified atom stereocenters. The quantitative estimate of drug-likeness (QED) is 0.679. The summed E-state index contributed by atoms with van der Waals surface area (Å²) < 4.78 is 0. The highest BCUT2D eigenvalue weighted by Crippen LogP contribution is 2.25. The van der Waals surface area contributed by atoms with Crippen molar-refractivity contribution < 1.29 is 0 Å². The first-order valence-corrected chi connectivity index (χ1v) is 6.03. The minimum Gasteiger partial charge on any atom is -0.370 e. The lowest BCUT2D eigenvalue weighted by molar-refractivity contribution is 0.665. The summed E-state index contributed by atoms with van der Waals surface area (Å²) in [5.74, 6) is 0.344. The SMILES string of the molecule is NC1=NC(c2cccc3ccccc23)NC(=S)N1. The minimum atomic E-state index is -0.232. The summed E-state index contributed by atoms with van der Waals surface area (Å²) in [5.41, 5.74) is 6.78. The second-order valence-corrected chi connectivity index (χ2v) is 4.49. The van der Waals surface area contributed by atoms with Crippen molar-refractivity contribution in [2.45, 2.75) is 6.17 Å². The van der Waals surface area contributed by atoms with E-state index in [-0.39, 0.29) is 6.17 Å². The van der Waals surface area contributed by atoms with Gasteiger partial charge in [0.2, 0.25) is 0 Å². The average molecular weight is 256 g/mol. The maximum Gasteiger partial charge on any atom is 0.197 e. The third-order valence-electron chi connectivity index (χ3n) is 2.90. The van der Waals surface area contributed by atoms with E-state index in [1.54, 1.807) is 0 Å². The van der Waals surface area contributed by atoms with E-state index >= 15 is 0 Å². The molecule has 2 aromatic carbocycles. The Bertz CT molecular complexity index is 645. The molecule has 0 radical (unpaired) electrons. The van der Waals surface area contributed by atoms with Crippen LogP contribution in [-0.2, 0) is 0 Å². The van der Waals surface area contributed by atoms with Crippen molar-refractivity contribution in [3.05, 3.63) is 48.0 Å². The van der Waals surface area contributed by atoms with Gasteiger partial charge in [0.15, 0.2) is 17.2 Å². The third kappa shape index (κ3) is 1.89. The number of aliphatic imine (C=N–C) groups is 1. The van der Waals surface area contributed by atoms with Crippen LogP contribution in [0.25, 0.3) is 10.8 Å². The van der Waals surface area contributed by atoms with Crippen LogP contribution in [0.2, 0.25) is 0 Å². The van der Waals surface area contributed by atoms with Crippen molar-refractivity contribution in [3.8, 4) is 0 Å². The molecule has 1 aliphatic heterocycles. The molecular formula is C13H12N4S. The van der Waals surface area contributed by atoms with Gasteiger partial charge in [-0.2, -0.15) is 0 Å². The number of benzene rings is 2. The van der Waals surface area contributed by atoms with Gasteiger partial charge in [0.1, 0.15) is 0 Å². The Morgan fingerprint density at radius 1 is 1.11 bits per heavy atom. The Labute approximate surface area is 110 Å². The Morgan fingerprint density at radius 3 is 2.72 bits per heavy atom. The lowest BCUT2D eigenvalue weighted by atomic mass is 10.0. The normalized spacial score (nSPS) is 19.0. The maximum atomic E-state index is 5.71. The zero-order valence-corrected chi connectivity index (χ0v) is 10.4. The van der Waals surface area contributed by atoms with Crippen LogP contribution in [-0.4, -0.2) is 11.1 Å². The molecule has 3 rings (SSSR count). The predicted octanol–water partition coefficient (Wildman–Crippen LogP) is 1.63. The van der Waals surface area contributed by atoms with Crippen LogP contribution in [0.1, 0.15) is 11.7 Å². The Morgan fingerprint density at radius 2 is 1.89 bits per heavy atom. The van der Waals surface area contributed by atoms with Gasteiger partial charge in [-0.25, -0.2) is 4.99 Å². The van der Waals surface area contributed by atoms with Crippen molar-refractivity contribution in [2.75, 3.05) is 0 Å². The molecule has 90 valence electrons. The third-order valence-corrected chi connectivity index (χ3v) is 3.12. The summed E-state index contributed by atoms with van der Waals surface area (Å²) in [6, 6.07) is 14.3.